The molecule has 2 heterocycles. The molecule has 0 bridgehead atoms. The SMILES string of the molecule is CC(C)c1nccn1-c1ncccc1C(C)Oc1cccc(O)c1C=O. The van der Waals surface area contributed by atoms with E-state index in [1.807, 2.05) is 29.8 Å². The monoisotopic (exact) mass is 351 g/mol. The zero-order chi connectivity index (χ0) is 18.7. The van der Waals surface area contributed by atoms with Crippen molar-refractivity contribution in [3.8, 4) is 17.3 Å². The Morgan fingerprint density at radius 1 is 1.12 bits per heavy atom. The Kier molecular flexibility index (Phi) is 5.02. The number of carbonyl (C=O) groups is 1. The summed E-state index contributed by atoms with van der Waals surface area (Å²) in [6, 6.07) is 8.53. The first-order valence-electron chi connectivity index (χ1n) is 8.45. The minimum absolute atomic E-state index is 0.104. The van der Waals surface area contributed by atoms with Crippen molar-refractivity contribution in [2.24, 2.45) is 0 Å². The Morgan fingerprint density at radius 2 is 1.92 bits per heavy atom. The zero-order valence-electron chi connectivity index (χ0n) is 15.0. The average Bonchev–Trinajstić information content (AvgIpc) is 3.12. The summed E-state index contributed by atoms with van der Waals surface area (Å²) in [5.74, 6) is 2.10. The largest absolute Gasteiger partial charge is 0.507 e. The zero-order valence-corrected chi connectivity index (χ0v) is 15.0. The molecule has 3 rings (SSSR count). The third kappa shape index (κ3) is 3.31. The highest BCUT2D eigenvalue weighted by Gasteiger charge is 2.19. The Hall–Kier alpha value is -3.15. The van der Waals surface area contributed by atoms with Gasteiger partial charge in [0.15, 0.2) is 6.29 Å². The summed E-state index contributed by atoms with van der Waals surface area (Å²) in [6.07, 6.45) is 5.55. The van der Waals surface area contributed by atoms with Crippen LogP contribution in [-0.2, 0) is 0 Å². The van der Waals surface area contributed by atoms with Gasteiger partial charge in [-0.1, -0.05) is 26.0 Å². The van der Waals surface area contributed by atoms with E-state index in [-0.39, 0.29) is 23.3 Å². The first kappa shape index (κ1) is 17.7. The highest BCUT2D eigenvalue weighted by molar-refractivity contribution is 5.83. The molecule has 3 aromatic rings. The van der Waals surface area contributed by atoms with Crippen molar-refractivity contribution in [1.29, 1.82) is 0 Å². The van der Waals surface area contributed by atoms with E-state index in [4.69, 9.17) is 4.74 Å². The predicted octanol–water partition coefficient (Wildman–Crippen LogP) is 4.05. The number of hydrogen-bond acceptors (Lipinski definition) is 5. The van der Waals surface area contributed by atoms with Gasteiger partial charge in [0, 0.05) is 30.1 Å². The van der Waals surface area contributed by atoms with E-state index < -0.39 is 0 Å². The van der Waals surface area contributed by atoms with Gasteiger partial charge in [0.1, 0.15) is 29.2 Å². The molecule has 0 aliphatic carbocycles. The smallest absolute Gasteiger partial charge is 0.157 e. The molecule has 0 fully saturated rings. The number of aromatic hydroxyl groups is 1. The topological polar surface area (TPSA) is 77.2 Å². The number of rotatable bonds is 6. The van der Waals surface area contributed by atoms with Crippen LogP contribution in [0.4, 0.5) is 0 Å². The van der Waals surface area contributed by atoms with Crippen molar-refractivity contribution < 1.29 is 14.6 Å². The molecule has 6 heteroatoms. The Morgan fingerprint density at radius 3 is 2.65 bits per heavy atom. The van der Waals surface area contributed by atoms with E-state index >= 15 is 0 Å². The highest BCUT2D eigenvalue weighted by Crippen LogP contribution is 2.31. The number of hydrogen-bond donors (Lipinski definition) is 1. The Bertz CT molecular complexity index is 918. The summed E-state index contributed by atoms with van der Waals surface area (Å²) in [5.41, 5.74) is 0.989. The molecular weight excluding hydrogens is 330 g/mol. The number of imidazole rings is 1. The van der Waals surface area contributed by atoms with Gasteiger partial charge in [-0.3, -0.25) is 9.36 Å². The molecule has 134 valence electrons. The summed E-state index contributed by atoms with van der Waals surface area (Å²) in [7, 11) is 0. The average molecular weight is 351 g/mol. The molecule has 0 aliphatic rings. The second-order valence-corrected chi connectivity index (χ2v) is 6.29. The van der Waals surface area contributed by atoms with E-state index in [1.165, 1.54) is 6.07 Å². The van der Waals surface area contributed by atoms with Crippen molar-refractivity contribution in [2.75, 3.05) is 0 Å². The predicted molar refractivity (Wildman–Crippen MR) is 98.0 cm³/mol. The fourth-order valence-corrected chi connectivity index (χ4v) is 2.86. The lowest BCUT2D eigenvalue weighted by Gasteiger charge is -2.20. The third-order valence-electron chi connectivity index (χ3n) is 4.13. The number of nitrogens with zero attached hydrogens (tertiary/aromatic N) is 3. The molecule has 1 aromatic carbocycles. The van der Waals surface area contributed by atoms with Crippen molar-refractivity contribution in [1.82, 2.24) is 14.5 Å². The molecule has 6 nitrogen and oxygen atoms in total. The van der Waals surface area contributed by atoms with E-state index in [9.17, 15) is 9.90 Å². The van der Waals surface area contributed by atoms with Gasteiger partial charge in [-0.15, -0.1) is 0 Å². The fourth-order valence-electron chi connectivity index (χ4n) is 2.86. The van der Waals surface area contributed by atoms with Crippen LogP contribution < -0.4 is 4.74 Å². The third-order valence-corrected chi connectivity index (χ3v) is 4.13. The lowest BCUT2D eigenvalue weighted by atomic mass is 10.1. The Balaban J connectivity index is 1.99. The molecule has 1 atom stereocenters. The molecule has 0 radical (unpaired) electrons. The minimum atomic E-state index is -0.387. The normalized spacial score (nSPS) is 12.2. The highest BCUT2D eigenvalue weighted by atomic mass is 16.5. The quantitative estimate of drug-likeness (QED) is 0.678. The number of ether oxygens (including phenoxy) is 1. The number of benzene rings is 1. The first-order chi connectivity index (χ1) is 12.5. The standard InChI is InChI=1S/C20H21N3O3/c1-13(2)19-22-10-11-23(19)20-15(6-5-9-21-20)14(3)26-18-8-4-7-17(25)16(18)12-24/h4-14,25H,1-3H3. The second kappa shape index (κ2) is 7.39. The molecule has 1 unspecified atom stereocenters. The van der Waals surface area contributed by atoms with Gasteiger partial charge >= 0.3 is 0 Å². The maximum atomic E-state index is 11.3. The van der Waals surface area contributed by atoms with Gasteiger partial charge in [-0.25, -0.2) is 9.97 Å². The summed E-state index contributed by atoms with van der Waals surface area (Å²) < 4.78 is 7.92. The van der Waals surface area contributed by atoms with E-state index in [0.29, 0.717) is 12.0 Å². The molecule has 0 amide bonds. The molecule has 0 saturated carbocycles. The number of phenolic OH excluding ortho intramolecular Hbond substituents is 1. The second-order valence-electron chi connectivity index (χ2n) is 6.29. The van der Waals surface area contributed by atoms with Crippen molar-refractivity contribution in [2.45, 2.75) is 32.8 Å². The molecule has 0 saturated heterocycles. The van der Waals surface area contributed by atoms with E-state index in [0.717, 1.165) is 17.2 Å². The van der Waals surface area contributed by atoms with Crippen LogP contribution >= 0.6 is 0 Å². The summed E-state index contributed by atoms with van der Waals surface area (Å²) in [5, 5.41) is 9.84. The van der Waals surface area contributed by atoms with Gasteiger partial charge in [0.2, 0.25) is 0 Å². The number of aromatic nitrogens is 3. The number of pyridine rings is 1. The summed E-state index contributed by atoms with van der Waals surface area (Å²) >= 11 is 0. The minimum Gasteiger partial charge on any atom is -0.507 e. The van der Waals surface area contributed by atoms with Gasteiger partial charge < -0.3 is 9.84 Å². The summed E-state index contributed by atoms with van der Waals surface area (Å²) in [6.45, 7) is 6.03. The van der Waals surface area contributed by atoms with Crippen LogP contribution in [0.3, 0.4) is 0 Å². The van der Waals surface area contributed by atoms with Crippen LogP contribution in [-0.4, -0.2) is 25.9 Å². The van der Waals surface area contributed by atoms with Crippen LogP contribution in [0.1, 0.15) is 54.5 Å². The maximum Gasteiger partial charge on any atom is 0.157 e. The first-order valence-corrected chi connectivity index (χ1v) is 8.45. The number of aldehydes is 1. The lowest BCUT2D eigenvalue weighted by molar-refractivity contribution is 0.111. The van der Waals surface area contributed by atoms with Crippen LogP contribution in [0.25, 0.3) is 5.82 Å². The molecule has 0 spiro atoms. The Labute approximate surface area is 152 Å². The molecule has 0 aliphatic heterocycles. The van der Waals surface area contributed by atoms with Crippen LogP contribution in [0.5, 0.6) is 11.5 Å². The van der Waals surface area contributed by atoms with Gasteiger partial charge in [-0.2, -0.15) is 0 Å². The molecule has 2 aromatic heterocycles. The van der Waals surface area contributed by atoms with Crippen molar-refractivity contribution in [3.05, 3.63) is 65.9 Å². The fraction of sp³-hybridized carbons (Fsp3) is 0.250. The van der Waals surface area contributed by atoms with Gasteiger partial charge in [0.05, 0.1) is 5.56 Å². The molecular formula is C20H21N3O3. The molecule has 1 N–H and O–H groups in total. The van der Waals surface area contributed by atoms with Gasteiger partial charge in [0.25, 0.3) is 0 Å². The lowest BCUT2D eigenvalue weighted by Crippen LogP contribution is -2.12. The van der Waals surface area contributed by atoms with Crippen LogP contribution in [0.15, 0.2) is 48.9 Å². The number of phenols is 1. The van der Waals surface area contributed by atoms with Crippen LogP contribution in [0.2, 0.25) is 0 Å². The van der Waals surface area contributed by atoms with Gasteiger partial charge in [-0.05, 0) is 25.1 Å². The molecule has 26 heavy (non-hydrogen) atoms. The van der Waals surface area contributed by atoms with Crippen LogP contribution in [0, 0.1) is 0 Å². The van der Waals surface area contributed by atoms with E-state index in [1.54, 1.807) is 24.5 Å². The van der Waals surface area contributed by atoms with E-state index in [2.05, 4.69) is 23.8 Å². The maximum absolute atomic E-state index is 11.3. The van der Waals surface area contributed by atoms with Crippen molar-refractivity contribution >= 4 is 6.29 Å². The number of carbonyl (C=O) groups excluding carboxylic acids is 1. The van der Waals surface area contributed by atoms with Crippen molar-refractivity contribution in [3.63, 3.8) is 0 Å². The summed E-state index contributed by atoms with van der Waals surface area (Å²) in [4.78, 5) is 20.2.